The van der Waals surface area contributed by atoms with Crippen molar-refractivity contribution in [2.45, 2.75) is 45.8 Å². The van der Waals surface area contributed by atoms with Crippen molar-refractivity contribution in [1.82, 2.24) is 4.90 Å². The molecule has 2 rings (SSSR count). The molecule has 4 unspecified atom stereocenters. The summed E-state index contributed by atoms with van der Waals surface area (Å²) in [5.41, 5.74) is 0.677. The van der Waals surface area contributed by atoms with Crippen molar-refractivity contribution in [2.75, 3.05) is 13.1 Å². The van der Waals surface area contributed by atoms with E-state index in [1.807, 2.05) is 0 Å². The number of hydrogen-bond donors (Lipinski definition) is 1. The molecule has 1 aromatic rings. The van der Waals surface area contributed by atoms with Crippen LogP contribution in [0.1, 0.15) is 45.3 Å². The Balaban J connectivity index is 1.91. The minimum absolute atomic E-state index is 0.282. The van der Waals surface area contributed by atoms with E-state index in [-0.39, 0.29) is 5.82 Å². The fourth-order valence-electron chi connectivity index (χ4n) is 3.30. The molecule has 0 radical (unpaired) electrons. The molecule has 20 heavy (non-hydrogen) atoms. The molecule has 4 atom stereocenters. The van der Waals surface area contributed by atoms with Crippen LogP contribution in [0.3, 0.4) is 0 Å². The lowest BCUT2D eigenvalue weighted by Crippen LogP contribution is -2.46. The van der Waals surface area contributed by atoms with Crippen molar-refractivity contribution in [1.29, 1.82) is 0 Å². The number of nitrogens with zero attached hydrogens (tertiary/aromatic N) is 1. The summed E-state index contributed by atoms with van der Waals surface area (Å²) in [5.74, 6) is 1.13. The molecule has 112 valence electrons. The van der Waals surface area contributed by atoms with Crippen LogP contribution in [-0.2, 0) is 0 Å². The molecule has 1 N–H and O–H groups in total. The van der Waals surface area contributed by atoms with E-state index in [1.54, 1.807) is 12.1 Å². The van der Waals surface area contributed by atoms with Crippen molar-refractivity contribution < 1.29 is 9.50 Å². The van der Waals surface area contributed by atoms with E-state index < -0.39 is 6.10 Å². The maximum Gasteiger partial charge on any atom is 0.123 e. The fraction of sp³-hybridized carbons (Fsp3) is 0.647. The van der Waals surface area contributed by atoms with Gasteiger partial charge in [0.2, 0.25) is 0 Å². The SMILES string of the molecule is CC1CC(C)C(C)N(CCC(O)c2cccc(F)c2)C1. The van der Waals surface area contributed by atoms with Gasteiger partial charge in [0.25, 0.3) is 0 Å². The molecule has 0 aromatic heterocycles. The Kier molecular flexibility index (Phi) is 5.17. The van der Waals surface area contributed by atoms with Crippen LogP contribution in [0.15, 0.2) is 24.3 Å². The Hall–Kier alpha value is -0.930. The molecule has 1 aliphatic heterocycles. The highest BCUT2D eigenvalue weighted by Gasteiger charge is 2.28. The Bertz CT molecular complexity index is 437. The van der Waals surface area contributed by atoms with Gasteiger partial charge >= 0.3 is 0 Å². The highest BCUT2D eigenvalue weighted by Crippen LogP contribution is 2.28. The molecule has 0 bridgehead atoms. The Morgan fingerprint density at radius 3 is 2.80 bits per heavy atom. The normalized spacial score (nSPS) is 29.4. The van der Waals surface area contributed by atoms with Crippen LogP contribution in [0, 0.1) is 17.7 Å². The average molecular weight is 279 g/mol. The van der Waals surface area contributed by atoms with Gasteiger partial charge in [-0.2, -0.15) is 0 Å². The van der Waals surface area contributed by atoms with E-state index in [9.17, 15) is 9.50 Å². The summed E-state index contributed by atoms with van der Waals surface area (Å²) in [7, 11) is 0. The van der Waals surface area contributed by atoms with Crippen molar-refractivity contribution in [2.24, 2.45) is 11.8 Å². The third-order valence-corrected chi connectivity index (χ3v) is 4.64. The van der Waals surface area contributed by atoms with E-state index in [1.165, 1.54) is 18.6 Å². The number of piperidine rings is 1. The standard InChI is InChI=1S/C17H26FNO/c1-12-9-13(2)14(3)19(11-12)8-7-17(20)15-5-4-6-16(18)10-15/h4-6,10,12-14,17,20H,7-9,11H2,1-3H3. The molecule has 0 spiro atoms. The number of benzene rings is 1. The first-order chi connectivity index (χ1) is 9.47. The third kappa shape index (κ3) is 3.80. The van der Waals surface area contributed by atoms with Crippen LogP contribution < -0.4 is 0 Å². The van der Waals surface area contributed by atoms with Crippen molar-refractivity contribution in [3.8, 4) is 0 Å². The summed E-state index contributed by atoms with van der Waals surface area (Å²) in [6.45, 7) is 8.83. The lowest BCUT2D eigenvalue weighted by molar-refractivity contribution is 0.0598. The first-order valence-electron chi connectivity index (χ1n) is 7.65. The van der Waals surface area contributed by atoms with Gasteiger partial charge in [-0.25, -0.2) is 4.39 Å². The zero-order valence-corrected chi connectivity index (χ0v) is 12.7. The average Bonchev–Trinajstić information content (AvgIpc) is 2.40. The topological polar surface area (TPSA) is 23.5 Å². The summed E-state index contributed by atoms with van der Waals surface area (Å²) in [5, 5.41) is 10.2. The molecule has 1 heterocycles. The summed E-state index contributed by atoms with van der Waals surface area (Å²) < 4.78 is 13.2. The van der Waals surface area contributed by atoms with Crippen molar-refractivity contribution in [3.05, 3.63) is 35.6 Å². The molecule has 1 saturated heterocycles. The largest absolute Gasteiger partial charge is 0.388 e. The zero-order valence-electron chi connectivity index (χ0n) is 12.7. The first kappa shape index (κ1) is 15.5. The van der Waals surface area contributed by atoms with Gasteiger partial charge in [-0.15, -0.1) is 0 Å². The molecule has 0 aliphatic carbocycles. The second kappa shape index (κ2) is 6.68. The molecular weight excluding hydrogens is 253 g/mol. The molecule has 2 nitrogen and oxygen atoms in total. The van der Waals surface area contributed by atoms with Gasteiger partial charge in [0, 0.05) is 19.1 Å². The van der Waals surface area contributed by atoms with Crippen LogP contribution >= 0.6 is 0 Å². The smallest absolute Gasteiger partial charge is 0.123 e. The quantitative estimate of drug-likeness (QED) is 0.910. The second-order valence-corrected chi connectivity index (χ2v) is 6.41. The molecule has 1 fully saturated rings. The minimum Gasteiger partial charge on any atom is -0.388 e. The minimum atomic E-state index is -0.578. The lowest BCUT2D eigenvalue weighted by Gasteiger charge is -2.41. The predicted octanol–water partition coefficient (Wildman–Crippen LogP) is 3.62. The predicted molar refractivity (Wildman–Crippen MR) is 80.0 cm³/mol. The highest BCUT2D eigenvalue weighted by molar-refractivity contribution is 5.18. The van der Waals surface area contributed by atoms with Crippen LogP contribution in [0.2, 0.25) is 0 Å². The Labute approximate surface area is 121 Å². The lowest BCUT2D eigenvalue weighted by atomic mass is 9.86. The molecule has 1 aliphatic rings. The van der Waals surface area contributed by atoms with Gasteiger partial charge in [-0.3, -0.25) is 0 Å². The fourth-order valence-corrected chi connectivity index (χ4v) is 3.30. The molecule has 0 saturated carbocycles. The maximum atomic E-state index is 13.2. The summed E-state index contributed by atoms with van der Waals surface area (Å²) in [6.07, 6.45) is 1.36. The van der Waals surface area contributed by atoms with Gasteiger partial charge in [0.15, 0.2) is 0 Å². The highest BCUT2D eigenvalue weighted by atomic mass is 19.1. The van der Waals surface area contributed by atoms with Gasteiger partial charge in [-0.1, -0.05) is 26.0 Å². The van der Waals surface area contributed by atoms with Crippen molar-refractivity contribution in [3.63, 3.8) is 0 Å². The number of likely N-dealkylation sites (tertiary alicyclic amines) is 1. The molecular formula is C17H26FNO. The van der Waals surface area contributed by atoms with Gasteiger partial charge < -0.3 is 10.0 Å². The van der Waals surface area contributed by atoms with E-state index in [4.69, 9.17) is 0 Å². The number of aliphatic hydroxyl groups excluding tert-OH is 1. The van der Waals surface area contributed by atoms with Gasteiger partial charge in [0.1, 0.15) is 5.82 Å². The number of hydrogen-bond acceptors (Lipinski definition) is 2. The van der Waals surface area contributed by atoms with E-state index in [2.05, 4.69) is 25.7 Å². The third-order valence-electron chi connectivity index (χ3n) is 4.64. The summed E-state index contributed by atoms with van der Waals surface area (Å²) >= 11 is 0. The van der Waals surface area contributed by atoms with Gasteiger partial charge in [0.05, 0.1) is 6.10 Å². The van der Waals surface area contributed by atoms with Crippen molar-refractivity contribution >= 4 is 0 Å². The van der Waals surface area contributed by atoms with Crippen LogP contribution in [0.25, 0.3) is 0 Å². The first-order valence-corrected chi connectivity index (χ1v) is 7.65. The van der Waals surface area contributed by atoms with E-state index in [0.717, 1.165) is 13.1 Å². The van der Waals surface area contributed by atoms with Crippen LogP contribution in [0.4, 0.5) is 4.39 Å². The zero-order chi connectivity index (χ0) is 14.7. The maximum absolute atomic E-state index is 13.2. The monoisotopic (exact) mass is 279 g/mol. The van der Waals surface area contributed by atoms with E-state index >= 15 is 0 Å². The molecule has 1 aromatic carbocycles. The number of rotatable bonds is 4. The Morgan fingerprint density at radius 1 is 1.35 bits per heavy atom. The van der Waals surface area contributed by atoms with Crippen LogP contribution in [0.5, 0.6) is 0 Å². The number of halogens is 1. The Morgan fingerprint density at radius 2 is 2.10 bits per heavy atom. The van der Waals surface area contributed by atoms with Gasteiger partial charge in [-0.05, 0) is 49.3 Å². The van der Waals surface area contributed by atoms with E-state index in [0.29, 0.717) is 29.9 Å². The molecule has 0 amide bonds. The summed E-state index contributed by atoms with van der Waals surface area (Å²) in [6, 6.07) is 6.84. The number of aliphatic hydroxyl groups is 1. The van der Waals surface area contributed by atoms with Crippen LogP contribution in [-0.4, -0.2) is 29.1 Å². The molecule has 3 heteroatoms. The second-order valence-electron chi connectivity index (χ2n) is 6.41. The summed E-state index contributed by atoms with van der Waals surface area (Å²) in [4.78, 5) is 2.46.